The van der Waals surface area contributed by atoms with Gasteiger partial charge in [-0.15, -0.1) is 0 Å². The Balaban J connectivity index is 0.688. The molecule has 1 atom stereocenters. The van der Waals surface area contributed by atoms with Crippen LogP contribution in [0.1, 0.15) is 67.8 Å². The summed E-state index contributed by atoms with van der Waals surface area (Å²) < 4.78 is 1.41. The van der Waals surface area contributed by atoms with E-state index in [0.29, 0.717) is 88.1 Å². The largest absolute Gasteiger partial charge is 0.508 e. The number of benzene rings is 4. The van der Waals surface area contributed by atoms with Gasteiger partial charge in [0, 0.05) is 93.9 Å². The number of rotatable bonds is 16. The fourth-order valence-electron chi connectivity index (χ4n) is 11.6. The van der Waals surface area contributed by atoms with Gasteiger partial charge in [0.25, 0.3) is 0 Å². The lowest BCUT2D eigenvalue weighted by atomic mass is 9.92. The molecule has 0 spiro atoms. The highest BCUT2D eigenvalue weighted by atomic mass is 16.3. The summed E-state index contributed by atoms with van der Waals surface area (Å²) in [6.45, 7) is 12.9. The zero-order valence-corrected chi connectivity index (χ0v) is 43.7. The number of carbonyl (C=O) groups is 3. The number of nitriles is 1. The molecule has 4 aliphatic rings. The number of piperidine rings is 2. The van der Waals surface area contributed by atoms with Gasteiger partial charge in [-0.2, -0.15) is 15.3 Å². The van der Waals surface area contributed by atoms with Crippen molar-refractivity contribution in [3.63, 3.8) is 0 Å². The number of piperazine rings is 1. The average Bonchev–Trinajstić information content (AvgIpc) is 3.85. The summed E-state index contributed by atoms with van der Waals surface area (Å²) in [5.74, 6) is 1.51. The average molecular weight is 1040 g/mol. The van der Waals surface area contributed by atoms with Crippen molar-refractivity contribution in [2.45, 2.75) is 77.4 Å². The second-order valence-corrected chi connectivity index (χ2v) is 20.7. The van der Waals surface area contributed by atoms with Gasteiger partial charge in [0.1, 0.15) is 17.3 Å². The van der Waals surface area contributed by atoms with Crippen LogP contribution in [0.4, 0.5) is 17.5 Å². The van der Waals surface area contributed by atoms with Gasteiger partial charge >= 0.3 is 5.69 Å². The third-order valence-corrected chi connectivity index (χ3v) is 15.9. The number of phenols is 2. The molecule has 6 heterocycles. The Kier molecular flexibility index (Phi) is 15.8. The summed E-state index contributed by atoms with van der Waals surface area (Å²) in [5, 5.41) is 46.0. The Morgan fingerprint density at radius 3 is 2.44 bits per heavy atom. The summed E-state index contributed by atoms with van der Waals surface area (Å²) in [4.78, 5) is 73.4. The number of hydrogen-bond donors (Lipinski definition) is 5. The lowest BCUT2D eigenvalue weighted by Crippen LogP contribution is -2.55. The van der Waals surface area contributed by atoms with Gasteiger partial charge in [0.05, 0.1) is 42.0 Å². The summed E-state index contributed by atoms with van der Waals surface area (Å²) in [5.41, 5.74) is 5.30. The van der Waals surface area contributed by atoms with Crippen LogP contribution in [0, 0.1) is 23.2 Å². The fraction of sp³-hybridized carbons (Fsp3) is 0.414. The molecule has 4 aromatic carbocycles. The van der Waals surface area contributed by atoms with Gasteiger partial charge in [0.2, 0.25) is 23.7 Å². The Bertz CT molecular complexity index is 3240. The van der Waals surface area contributed by atoms with E-state index in [2.05, 4.69) is 84.6 Å². The van der Waals surface area contributed by atoms with Gasteiger partial charge in [-0.25, -0.2) is 19.4 Å². The van der Waals surface area contributed by atoms with E-state index in [4.69, 9.17) is 9.97 Å². The van der Waals surface area contributed by atoms with Gasteiger partial charge < -0.3 is 40.4 Å². The van der Waals surface area contributed by atoms with E-state index in [9.17, 15) is 34.7 Å². The lowest BCUT2D eigenvalue weighted by Gasteiger charge is -2.42. The van der Waals surface area contributed by atoms with E-state index in [1.54, 1.807) is 11.0 Å². The smallest absolute Gasteiger partial charge is 0.348 e. The number of aromatic amines is 1. The topological polar surface area (TPSA) is 232 Å². The number of fused-ring (bicyclic) bond motifs is 2. The maximum absolute atomic E-state index is 13.7. The van der Waals surface area contributed by atoms with Crippen molar-refractivity contribution >= 4 is 45.9 Å². The molecule has 2 aromatic heterocycles. The molecule has 4 aliphatic heterocycles. The van der Waals surface area contributed by atoms with E-state index in [-0.39, 0.29) is 65.8 Å². The molecule has 3 fully saturated rings. The number of anilines is 3. The molecule has 1 unspecified atom stereocenters. The van der Waals surface area contributed by atoms with Crippen LogP contribution in [-0.2, 0) is 40.3 Å². The predicted octanol–water partition coefficient (Wildman–Crippen LogP) is 5.89. The number of carbonyl (C=O) groups excluding carboxylic acids is 3. The molecule has 0 saturated carbocycles. The first-order valence-electron chi connectivity index (χ1n) is 27.0. The maximum atomic E-state index is 13.7. The minimum Gasteiger partial charge on any atom is -0.508 e. The number of amides is 3. The summed E-state index contributed by atoms with van der Waals surface area (Å²) in [7, 11) is 0. The standard InChI is InChI=1S/C58H67N13O6/c1-3-40-32-47(51(73)33-50(40)72)55-64-65-58(77)71(55)43-14-12-39(13-15-43)35-66-25-20-42(21-26-66)56(76)67-27-18-38(19-28-67)34-61-52(74)17-24-60-57-62-48-37-68(49-11-7-9-41-8-5-6-10-45(41)49)29-22-46(48)54(63-57)69-30-31-70(53(75)4-2)44(36-69)16-23-59/h4-15,32-33,38,42,44,72-73H,2-3,16-22,24-31,34-37H2,1H3,(H,61,74)(H,65,77)(H,60,62,63). The minimum absolute atomic E-state index is 0.0141. The molecule has 19 heteroatoms. The summed E-state index contributed by atoms with van der Waals surface area (Å²) >= 11 is 0. The van der Waals surface area contributed by atoms with E-state index in [1.165, 1.54) is 27.5 Å². The highest BCUT2D eigenvalue weighted by Crippen LogP contribution is 2.37. The number of likely N-dealkylation sites (tertiary alicyclic amines) is 2. The Morgan fingerprint density at radius 1 is 0.896 bits per heavy atom. The van der Waals surface area contributed by atoms with Crippen LogP contribution in [0.25, 0.3) is 27.8 Å². The van der Waals surface area contributed by atoms with Crippen LogP contribution in [0.2, 0.25) is 0 Å². The molecular weight excluding hydrogens is 975 g/mol. The van der Waals surface area contributed by atoms with Crippen molar-refractivity contribution in [2.75, 3.05) is 80.6 Å². The molecule has 0 aliphatic carbocycles. The van der Waals surface area contributed by atoms with Crippen LogP contribution in [0.5, 0.6) is 11.5 Å². The minimum atomic E-state index is -0.443. The third-order valence-electron chi connectivity index (χ3n) is 15.9. The molecule has 400 valence electrons. The molecule has 0 radical (unpaired) electrons. The predicted molar refractivity (Wildman–Crippen MR) is 295 cm³/mol. The number of aryl methyl sites for hydroxylation is 1. The Hall–Kier alpha value is -8.24. The van der Waals surface area contributed by atoms with Gasteiger partial charge in [-0.3, -0.25) is 19.3 Å². The lowest BCUT2D eigenvalue weighted by molar-refractivity contribution is -0.138. The van der Waals surface area contributed by atoms with Crippen LogP contribution < -0.4 is 26.1 Å². The monoisotopic (exact) mass is 1040 g/mol. The number of phenolic OH excluding ortho intramolecular Hbond substituents is 2. The first kappa shape index (κ1) is 52.2. The highest BCUT2D eigenvalue weighted by molar-refractivity contribution is 5.94. The number of aromatic hydroxyl groups is 2. The Labute approximate surface area is 447 Å². The number of hydrogen-bond acceptors (Lipinski definition) is 14. The summed E-state index contributed by atoms with van der Waals surface area (Å²) in [6.07, 6.45) is 6.21. The van der Waals surface area contributed by atoms with E-state index in [0.717, 1.165) is 80.1 Å². The maximum Gasteiger partial charge on any atom is 0.348 e. The summed E-state index contributed by atoms with van der Waals surface area (Å²) in [6, 6.07) is 27.3. The van der Waals surface area contributed by atoms with E-state index < -0.39 is 5.69 Å². The first-order chi connectivity index (χ1) is 37.5. The fourth-order valence-corrected chi connectivity index (χ4v) is 11.6. The van der Waals surface area contributed by atoms with E-state index in [1.807, 2.05) is 42.2 Å². The van der Waals surface area contributed by atoms with Crippen molar-refractivity contribution in [3.8, 4) is 34.6 Å². The number of aromatic nitrogens is 5. The molecule has 0 bridgehead atoms. The molecule has 6 aromatic rings. The second kappa shape index (κ2) is 23.3. The highest BCUT2D eigenvalue weighted by Gasteiger charge is 2.34. The van der Waals surface area contributed by atoms with Crippen LogP contribution in [-0.4, -0.2) is 139 Å². The van der Waals surface area contributed by atoms with Crippen molar-refractivity contribution in [1.82, 2.24) is 44.7 Å². The second-order valence-electron chi connectivity index (χ2n) is 20.7. The molecule has 3 amide bonds. The van der Waals surface area contributed by atoms with Gasteiger partial charge in [0.15, 0.2) is 5.82 Å². The van der Waals surface area contributed by atoms with Crippen molar-refractivity contribution in [2.24, 2.45) is 11.8 Å². The Morgan fingerprint density at radius 2 is 1.68 bits per heavy atom. The molecule has 3 saturated heterocycles. The third kappa shape index (κ3) is 11.5. The van der Waals surface area contributed by atoms with Gasteiger partial charge in [-0.1, -0.05) is 62.0 Å². The van der Waals surface area contributed by atoms with Crippen LogP contribution in [0.3, 0.4) is 0 Å². The SMILES string of the molecule is C=CC(=O)N1CCN(c2nc(NCCC(=O)NCC3CCN(C(=O)C4CCN(Cc5ccc(-n6c(-c7cc(CC)c(O)cc7O)n[nH]c6=O)cc5)CC4)CC3)nc3c2CCN(c2cccc4ccccc24)C3)CC1CC#N. The number of H-pyrrole nitrogens is 1. The molecule has 19 nitrogen and oxygen atoms in total. The number of nitrogens with zero attached hydrogens (tertiary/aromatic N) is 10. The normalized spacial score (nSPS) is 17.5. The molecule has 10 rings (SSSR count). The van der Waals surface area contributed by atoms with Crippen LogP contribution >= 0.6 is 0 Å². The molecule has 5 N–H and O–H groups in total. The van der Waals surface area contributed by atoms with E-state index >= 15 is 0 Å². The zero-order valence-electron chi connectivity index (χ0n) is 43.7. The van der Waals surface area contributed by atoms with Crippen molar-refractivity contribution in [3.05, 3.63) is 124 Å². The number of nitrogens with one attached hydrogen (secondary N) is 3. The van der Waals surface area contributed by atoms with Crippen molar-refractivity contribution < 1.29 is 24.6 Å². The first-order valence-corrected chi connectivity index (χ1v) is 27.0. The molecular formula is C58H67N13O6. The quantitative estimate of drug-likeness (QED) is 0.0712. The van der Waals surface area contributed by atoms with Crippen LogP contribution in [0.15, 0.2) is 96.3 Å². The van der Waals surface area contributed by atoms with Crippen molar-refractivity contribution in [1.29, 1.82) is 5.26 Å². The van der Waals surface area contributed by atoms with Gasteiger partial charge in [-0.05, 0) is 104 Å². The molecule has 77 heavy (non-hydrogen) atoms. The zero-order chi connectivity index (χ0) is 53.6.